The Hall–Kier alpha value is -1.90. The van der Waals surface area contributed by atoms with Crippen molar-refractivity contribution in [2.75, 3.05) is 0 Å². The average molecular weight is 366 g/mol. The van der Waals surface area contributed by atoms with Crippen LogP contribution in [-0.2, 0) is 6.04 Å². The van der Waals surface area contributed by atoms with Crippen LogP contribution in [0.25, 0.3) is 0 Å². The molecule has 0 saturated carbocycles. The van der Waals surface area contributed by atoms with E-state index in [1.165, 1.54) is 15.9 Å². The average Bonchev–Trinajstić information content (AvgIpc) is 2.62. The first-order valence-corrected chi connectivity index (χ1v) is 11.2. The molecule has 3 aromatic rings. The fourth-order valence-electron chi connectivity index (χ4n) is 3.76. The topological polar surface area (TPSA) is 12.9 Å². The lowest BCUT2D eigenvalue weighted by Crippen LogP contribution is -2.66. The monoisotopic (exact) mass is 365 g/mol. The highest BCUT2D eigenvalue weighted by atomic mass is 35.5. The van der Waals surface area contributed by atoms with Crippen LogP contribution in [0.15, 0.2) is 79.0 Å². The van der Waals surface area contributed by atoms with Crippen molar-refractivity contribution in [3.8, 4) is 0 Å². The normalized spacial score (nSPS) is 12.2. The van der Waals surface area contributed by atoms with Gasteiger partial charge in [0.1, 0.15) is 13.2 Å². The largest absolute Gasteiger partial charge is 0.244 e. The highest BCUT2D eigenvalue weighted by molar-refractivity contribution is 7.03. The lowest BCUT2D eigenvalue weighted by atomic mass is 10.2. The smallest absolute Gasteiger partial charge is 0.129 e. The van der Waals surface area contributed by atoms with E-state index in [1.54, 1.807) is 0 Å². The number of nitrogens with zero attached hydrogens (tertiary/aromatic N) is 1. The van der Waals surface area contributed by atoms with Crippen LogP contribution in [0.3, 0.4) is 0 Å². The van der Waals surface area contributed by atoms with E-state index in [9.17, 15) is 0 Å². The number of rotatable bonds is 4. The molecule has 0 unspecified atom stereocenters. The summed E-state index contributed by atoms with van der Waals surface area (Å²) in [6, 6.07) is 27.1. The van der Waals surface area contributed by atoms with Gasteiger partial charge in [-0.2, -0.15) is 0 Å². The minimum Gasteiger partial charge on any atom is -0.244 e. The third-order valence-electron chi connectivity index (χ3n) is 5.07. The van der Waals surface area contributed by atoms with E-state index >= 15 is 0 Å². The summed E-state index contributed by atoms with van der Waals surface area (Å²) in [5.41, 5.74) is 1.25. The third-order valence-corrected chi connectivity index (χ3v) is 11.4. The Morgan fingerprint density at radius 3 is 1.72 bits per heavy atom. The second-order valence-corrected chi connectivity index (χ2v) is 12.8. The Morgan fingerprint density at radius 1 is 0.800 bits per heavy atom. The molecule has 0 saturated heterocycles. The van der Waals surface area contributed by atoms with Crippen LogP contribution < -0.4 is 10.4 Å². The van der Waals surface area contributed by atoms with E-state index in [-0.39, 0.29) is 5.04 Å². The summed E-state index contributed by atoms with van der Waals surface area (Å²) in [5, 5.41) is 3.62. The first kappa shape index (κ1) is 17.9. The molecule has 0 bridgehead atoms. The molecule has 25 heavy (non-hydrogen) atoms. The van der Waals surface area contributed by atoms with Crippen LogP contribution in [0, 0.1) is 0 Å². The lowest BCUT2D eigenvalue weighted by Gasteiger charge is -2.44. The van der Waals surface area contributed by atoms with Crippen molar-refractivity contribution in [2.45, 2.75) is 31.9 Å². The number of benzene rings is 2. The van der Waals surface area contributed by atoms with E-state index in [0.29, 0.717) is 5.15 Å². The standard InChI is InChI=1S/C22H24ClNSi/c1-22(2,3)25(19-10-6-4-7-11-19,20-12-8-5-9-13-20)17-18-14-15-21(23)24-16-18/h4-16H,17H2,1-3H3. The fraction of sp³-hybridized carbons (Fsp3) is 0.227. The Labute approximate surface area is 156 Å². The van der Waals surface area contributed by atoms with Crippen molar-refractivity contribution >= 4 is 30.0 Å². The summed E-state index contributed by atoms with van der Waals surface area (Å²) in [6.45, 7) is 7.13. The maximum atomic E-state index is 6.01. The first-order valence-electron chi connectivity index (χ1n) is 8.65. The molecule has 0 aliphatic rings. The molecule has 0 N–H and O–H groups in total. The molecule has 0 aliphatic carbocycles. The second-order valence-electron chi connectivity index (χ2n) is 7.55. The molecule has 0 amide bonds. The maximum absolute atomic E-state index is 6.01. The molecule has 2 aromatic carbocycles. The number of hydrogen-bond acceptors (Lipinski definition) is 1. The number of pyridine rings is 1. The Morgan fingerprint density at radius 2 is 1.32 bits per heavy atom. The van der Waals surface area contributed by atoms with Crippen LogP contribution >= 0.6 is 11.6 Å². The minimum absolute atomic E-state index is 0.148. The zero-order valence-corrected chi connectivity index (χ0v) is 16.8. The first-order chi connectivity index (χ1) is 11.9. The zero-order valence-electron chi connectivity index (χ0n) is 15.0. The van der Waals surface area contributed by atoms with Crippen molar-refractivity contribution in [3.05, 3.63) is 89.7 Å². The van der Waals surface area contributed by atoms with E-state index in [1.807, 2.05) is 12.3 Å². The minimum atomic E-state index is -2.09. The summed E-state index contributed by atoms with van der Waals surface area (Å²) in [6.07, 6.45) is 1.93. The highest BCUT2D eigenvalue weighted by Crippen LogP contribution is 2.38. The molecule has 128 valence electrons. The summed E-state index contributed by atoms with van der Waals surface area (Å²) < 4.78 is 0. The van der Waals surface area contributed by atoms with Gasteiger partial charge in [0.2, 0.25) is 0 Å². The van der Waals surface area contributed by atoms with Crippen molar-refractivity contribution in [1.29, 1.82) is 0 Å². The van der Waals surface area contributed by atoms with Gasteiger partial charge in [-0.15, -0.1) is 0 Å². The molecular formula is C22H24ClNSi. The van der Waals surface area contributed by atoms with Gasteiger partial charge in [0.05, 0.1) is 0 Å². The van der Waals surface area contributed by atoms with E-state index in [2.05, 4.69) is 92.5 Å². The SMILES string of the molecule is CC(C)(C)[Si](Cc1ccc(Cl)nc1)(c1ccccc1)c1ccccc1. The molecule has 0 atom stereocenters. The summed E-state index contributed by atoms with van der Waals surface area (Å²) in [4.78, 5) is 4.32. The van der Waals surface area contributed by atoms with Gasteiger partial charge in [-0.25, -0.2) is 4.98 Å². The molecule has 1 aromatic heterocycles. The Bertz CT molecular complexity index is 769. The van der Waals surface area contributed by atoms with Gasteiger partial charge in [-0.1, -0.05) is 109 Å². The Kier molecular flexibility index (Phi) is 5.12. The predicted octanol–water partition coefficient (Wildman–Crippen LogP) is 4.88. The number of halogens is 1. The molecule has 1 nitrogen and oxygen atoms in total. The van der Waals surface area contributed by atoms with Crippen molar-refractivity contribution in [2.24, 2.45) is 0 Å². The lowest BCUT2D eigenvalue weighted by molar-refractivity contribution is 0.725. The number of aromatic nitrogens is 1. The molecule has 1 heterocycles. The summed E-state index contributed by atoms with van der Waals surface area (Å²) in [7, 11) is -2.09. The van der Waals surface area contributed by atoms with Crippen LogP contribution in [0.1, 0.15) is 26.3 Å². The van der Waals surface area contributed by atoms with E-state index < -0.39 is 8.07 Å². The molecular weight excluding hydrogens is 342 g/mol. The van der Waals surface area contributed by atoms with E-state index in [0.717, 1.165) is 6.04 Å². The molecule has 0 spiro atoms. The van der Waals surface area contributed by atoms with Gasteiger partial charge in [-0.05, 0) is 22.7 Å². The van der Waals surface area contributed by atoms with Crippen LogP contribution in [-0.4, -0.2) is 13.1 Å². The van der Waals surface area contributed by atoms with Crippen LogP contribution in [0.5, 0.6) is 0 Å². The van der Waals surface area contributed by atoms with Gasteiger partial charge in [0.15, 0.2) is 0 Å². The highest BCUT2D eigenvalue weighted by Gasteiger charge is 2.47. The van der Waals surface area contributed by atoms with Gasteiger partial charge >= 0.3 is 0 Å². The summed E-state index contributed by atoms with van der Waals surface area (Å²) >= 11 is 6.01. The molecule has 0 radical (unpaired) electrons. The molecule has 3 rings (SSSR count). The maximum Gasteiger partial charge on any atom is 0.129 e. The number of hydrogen-bond donors (Lipinski definition) is 0. The van der Waals surface area contributed by atoms with Crippen molar-refractivity contribution in [1.82, 2.24) is 4.98 Å². The Balaban J connectivity index is 2.23. The molecule has 3 heteroatoms. The third kappa shape index (κ3) is 3.56. The van der Waals surface area contributed by atoms with Gasteiger partial charge in [0, 0.05) is 6.20 Å². The second kappa shape index (κ2) is 7.15. The molecule has 0 aliphatic heterocycles. The van der Waals surface area contributed by atoms with Crippen LogP contribution in [0.4, 0.5) is 0 Å². The predicted molar refractivity (Wildman–Crippen MR) is 111 cm³/mol. The molecule has 0 fully saturated rings. The van der Waals surface area contributed by atoms with Crippen molar-refractivity contribution < 1.29 is 0 Å². The van der Waals surface area contributed by atoms with Crippen molar-refractivity contribution in [3.63, 3.8) is 0 Å². The van der Waals surface area contributed by atoms with Crippen LogP contribution in [0.2, 0.25) is 10.2 Å². The zero-order chi connectivity index (χ0) is 17.9. The quantitative estimate of drug-likeness (QED) is 0.474. The van der Waals surface area contributed by atoms with Gasteiger partial charge < -0.3 is 0 Å². The van der Waals surface area contributed by atoms with Gasteiger partial charge in [-0.3, -0.25) is 0 Å². The fourth-order valence-corrected chi connectivity index (χ4v) is 9.22. The van der Waals surface area contributed by atoms with E-state index in [4.69, 9.17) is 11.6 Å². The van der Waals surface area contributed by atoms with Gasteiger partial charge in [0.25, 0.3) is 0 Å². The summed E-state index contributed by atoms with van der Waals surface area (Å²) in [5.74, 6) is 0.